The Bertz CT molecular complexity index is 952. The Kier molecular flexibility index (Phi) is 4.43. The summed E-state index contributed by atoms with van der Waals surface area (Å²) in [6.07, 6.45) is -4.68. The van der Waals surface area contributed by atoms with Gasteiger partial charge in [-0.15, -0.1) is 11.3 Å². The average molecular weight is 485 g/mol. The van der Waals surface area contributed by atoms with Gasteiger partial charge in [0.15, 0.2) is 17.0 Å². The van der Waals surface area contributed by atoms with Gasteiger partial charge in [0.1, 0.15) is 0 Å². The van der Waals surface area contributed by atoms with Gasteiger partial charge in [0, 0.05) is 9.85 Å². The van der Waals surface area contributed by atoms with E-state index in [9.17, 15) is 18.0 Å². The second-order valence-corrected chi connectivity index (χ2v) is 7.16. The van der Waals surface area contributed by atoms with Crippen LogP contribution < -0.4 is 0 Å². The summed E-state index contributed by atoms with van der Waals surface area (Å²) < 4.78 is 46.1. The molecular weight excluding hydrogens is 479 g/mol. The molecular formula is C13H6Br2F3N3O2S. The molecule has 3 heterocycles. The second-order valence-electron chi connectivity index (χ2n) is 4.54. The summed E-state index contributed by atoms with van der Waals surface area (Å²) in [5, 5.41) is 5.43. The van der Waals surface area contributed by atoms with E-state index in [0.29, 0.717) is 9.39 Å². The van der Waals surface area contributed by atoms with Gasteiger partial charge in [0.05, 0.1) is 22.2 Å². The number of rotatable bonds is 2. The Morgan fingerprint density at radius 3 is 2.58 bits per heavy atom. The van der Waals surface area contributed by atoms with Crippen molar-refractivity contribution in [1.29, 1.82) is 0 Å². The molecule has 0 N–H and O–H groups in total. The van der Waals surface area contributed by atoms with E-state index in [-0.39, 0.29) is 21.5 Å². The molecule has 3 rings (SSSR count). The van der Waals surface area contributed by atoms with E-state index in [1.165, 1.54) is 11.3 Å². The van der Waals surface area contributed by atoms with E-state index in [1.807, 2.05) is 0 Å². The van der Waals surface area contributed by atoms with Gasteiger partial charge < -0.3 is 4.74 Å². The fourth-order valence-corrected chi connectivity index (χ4v) is 3.88. The van der Waals surface area contributed by atoms with Gasteiger partial charge in [0.25, 0.3) is 0 Å². The molecule has 5 nitrogen and oxygen atoms in total. The number of halogens is 5. The van der Waals surface area contributed by atoms with Crippen molar-refractivity contribution in [2.45, 2.75) is 6.18 Å². The Balaban J connectivity index is 2.34. The zero-order chi connectivity index (χ0) is 17.6. The summed E-state index contributed by atoms with van der Waals surface area (Å²) in [5.74, 6) is -0.860. The lowest BCUT2D eigenvalue weighted by Crippen LogP contribution is -2.14. The molecule has 0 saturated carbocycles. The molecule has 0 aliphatic rings. The zero-order valence-corrected chi connectivity index (χ0v) is 15.7. The van der Waals surface area contributed by atoms with Gasteiger partial charge in [0.2, 0.25) is 0 Å². The maximum Gasteiger partial charge on any atom is 0.433 e. The molecule has 0 bridgehead atoms. The summed E-state index contributed by atoms with van der Waals surface area (Å²) >= 11 is 7.58. The van der Waals surface area contributed by atoms with E-state index < -0.39 is 17.8 Å². The number of esters is 1. The van der Waals surface area contributed by atoms with Crippen LogP contribution in [-0.4, -0.2) is 27.7 Å². The van der Waals surface area contributed by atoms with Gasteiger partial charge >= 0.3 is 12.1 Å². The zero-order valence-electron chi connectivity index (χ0n) is 11.7. The van der Waals surface area contributed by atoms with Crippen LogP contribution >= 0.6 is 43.2 Å². The Labute approximate surface area is 153 Å². The fourth-order valence-electron chi connectivity index (χ4n) is 1.99. The Morgan fingerprint density at radius 1 is 1.33 bits per heavy atom. The van der Waals surface area contributed by atoms with Crippen LogP contribution in [0.2, 0.25) is 0 Å². The maximum atomic E-state index is 13.4. The number of carbonyl (C=O) groups is 1. The first-order valence-corrected chi connectivity index (χ1v) is 8.68. The highest BCUT2D eigenvalue weighted by Crippen LogP contribution is 2.36. The third-order valence-electron chi connectivity index (χ3n) is 3.02. The Morgan fingerprint density at radius 2 is 2.04 bits per heavy atom. The number of carbonyl (C=O) groups excluding carboxylic acids is 1. The minimum atomic E-state index is -4.68. The number of fused-ring (bicyclic) bond motifs is 1. The number of alkyl halides is 3. The van der Waals surface area contributed by atoms with Crippen molar-refractivity contribution in [3.63, 3.8) is 0 Å². The first-order chi connectivity index (χ1) is 11.2. The molecule has 24 heavy (non-hydrogen) atoms. The molecule has 0 amide bonds. The van der Waals surface area contributed by atoms with Crippen LogP contribution in [0.15, 0.2) is 26.5 Å². The van der Waals surface area contributed by atoms with Crippen LogP contribution in [0.1, 0.15) is 16.2 Å². The molecule has 3 aromatic rings. The van der Waals surface area contributed by atoms with Crippen molar-refractivity contribution in [2.75, 3.05) is 7.11 Å². The molecule has 0 saturated heterocycles. The lowest BCUT2D eigenvalue weighted by Gasteiger charge is -2.10. The number of nitrogens with zero attached hydrogens (tertiary/aromatic N) is 3. The van der Waals surface area contributed by atoms with Gasteiger partial charge in [-0.25, -0.2) is 14.3 Å². The summed E-state index contributed by atoms with van der Waals surface area (Å²) in [7, 11) is 1.12. The first-order valence-electron chi connectivity index (χ1n) is 6.21. The van der Waals surface area contributed by atoms with Gasteiger partial charge in [-0.1, -0.05) is 0 Å². The third kappa shape index (κ3) is 2.95. The normalized spacial score (nSPS) is 11.9. The standard InChI is InChI=1S/C13H6Br2F3N3O2S/c1-23-12(22)10-9(15)11-19-6(7-2-5(14)4-24-7)3-8(13(16,17)18)21(11)20-10/h2-4H,1H3. The van der Waals surface area contributed by atoms with Crippen LogP contribution in [0.25, 0.3) is 16.2 Å². The highest BCUT2D eigenvalue weighted by atomic mass is 79.9. The van der Waals surface area contributed by atoms with E-state index in [0.717, 1.165) is 17.6 Å². The van der Waals surface area contributed by atoms with Crippen molar-refractivity contribution in [1.82, 2.24) is 14.6 Å². The van der Waals surface area contributed by atoms with Crippen molar-refractivity contribution in [3.05, 3.63) is 37.8 Å². The number of thiophene rings is 1. The number of hydrogen-bond acceptors (Lipinski definition) is 5. The fraction of sp³-hybridized carbons (Fsp3) is 0.154. The van der Waals surface area contributed by atoms with Crippen molar-refractivity contribution in [3.8, 4) is 10.6 Å². The number of methoxy groups -OCH3 is 1. The molecule has 0 unspecified atom stereocenters. The summed E-state index contributed by atoms with van der Waals surface area (Å²) in [4.78, 5) is 16.4. The molecule has 3 aromatic heterocycles. The minimum absolute atomic E-state index is 0.0392. The van der Waals surface area contributed by atoms with Gasteiger partial charge in [-0.3, -0.25) is 0 Å². The minimum Gasteiger partial charge on any atom is -0.464 e. The first kappa shape index (κ1) is 17.4. The SMILES string of the molecule is COC(=O)c1nn2c(C(F)(F)F)cc(-c3cc(Br)cs3)nc2c1Br. The molecule has 0 aliphatic heterocycles. The van der Waals surface area contributed by atoms with Gasteiger partial charge in [-0.05, 0) is 44.0 Å². The topological polar surface area (TPSA) is 56.5 Å². The lowest BCUT2D eigenvalue weighted by molar-refractivity contribution is -0.142. The molecule has 11 heteroatoms. The predicted molar refractivity (Wildman–Crippen MR) is 88.0 cm³/mol. The molecule has 0 aliphatic carbocycles. The van der Waals surface area contributed by atoms with Crippen molar-refractivity contribution < 1.29 is 22.7 Å². The number of aromatic nitrogens is 3. The molecule has 0 atom stereocenters. The largest absolute Gasteiger partial charge is 0.464 e. The van der Waals surface area contributed by atoms with Crippen molar-refractivity contribution in [2.24, 2.45) is 0 Å². The van der Waals surface area contributed by atoms with Crippen LogP contribution in [-0.2, 0) is 10.9 Å². The maximum absolute atomic E-state index is 13.4. The average Bonchev–Trinajstić information content (AvgIpc) is 3.09. The summed E-state index contributed by atoms with van der Waals surface area (Å²) in [6.45, 7) is 0. The summed E-state index contributed by atoms with van der Waals surface area (Å²) in [5.41, 5.74) is -1.31. The van der Waals surface area contributed by atoms with Crippen LogP contribution in [0.3, 0.4) is 0 Å². The molecule has 0 radical (unpaired) electrons. The van der Waals surface area contributed by atoms with Gasteiger partial charge in [-0.2, -0.15) is 18.3 Å². The molecule has 0 aromatic carbocycles. The quantitative estimate of drug-likeness (QED) is 0.491. The third-order valence-corrected chi connectivity index (χ3v) is 5.47. The van der Waals surface area contributed by atoms with E-state index in [4.69, 9.17) is 0 Å². The lowest BCUT2D eigenvalue weighted by atomic mass is 10.2. The highest BCUT2D eigenvalue weighted by Gasteiger charge is 2.36. The highest BCUT2D eigenvalue weighted by molar-refractivity contribution is 9.11. The van der Waals surface area contributed by atoms with Crippen LogP contribution in [0.5, 0.6) is 0 Å². The van der Waals surface area contributed by atoms with Crippen molar-refractivity contribution >= 4 is 54.8 Å². The number of hydrogen-bond donors (Lipinski definition) is 0. The van der Waals surface area contributed by atoms with Crippen LogP contribution in [0.4, 0.5) is 13.2 Å². The Hall–Kier alpha value is -1.46. The predicted octanol–water partition coefficient (Wildman–Crippen LogP) is 4.79. The van der Waals surface area contributed by atoms with E-state index in [1.54, 1.807) is 11.4 Å². The van der Waals surface area contributed by atoms with E-state index >= 15 is 0 Å². The second kappa shape index (κ2) is 6.12. The molecule has 126 valence electrons. The smallest absolute Gasteiger partial charge is 0.433 e. The monoisotopic (exact) mass is 483 g/mol. The molecule has 0 fully saturated rings. The number of ether oxygens (including phenoxy) is 1. The van der Waals surface area contributed by atoms with E-state index in [2.05, 4.69) is 46.7 Å². The van der Waals surface area contributed by atoms with Crippen LogP contribution in [0, 0.1) is 0 Å². The molecule has 0 spiro atoms. The summed E-state index contributed by atoms with van der Waals surface area (Å²) in [6, 6.07) is 2.56.